The van der Waals surface area contributed by atoms with Crippen molar-refractivity contribution in [3.8, 4) is 11.5 Å². The standard InChI is InChI=1S/C40H51ClN2O11S3/c1-24-20-31-29(21-33(24)53-8)39(4,5)36(42(31)18-16-25(2)55(44,45)46)14-12-27-10-11-28(38(27)41)13-15-37-40(6,7)30-22-34(54-9)35(57(50,51)52)23-32(30)43(37)19-17-26(3)56(47,48)49/h12-15,20-23,25-26H,10-11,16-19H2,1-9H3,(H2-,44,45,46,47,48,49,50,51,52)/p-2. The maximum absolute atomic E-state index is 12.2. The third kappa shape index (κ3) is 8.77. The van der Waals surface area contributed by atoms with Gasteiger partial charge in [0.25, 0.3) is 0 Å². The molecule has 2 unspecified atom stereocenters. The van der Waals surface area contributed by atoms with Gasteiger partial charge in [-0.25, -0.2) is 25.3 Å². The van der Waals surface area contributed by atoms with Gasteiger partial charge in [-0.2, -0.15) is 4.58 Å². The minimum absolute atomic E-state index is 0.0362. The van der Waals surface area contributed by atoms with E-state index in [9.17, 15) is 38.9 Å². The molecular formula is C40H49ClN2O11S3-2. The molecule has 13 nitrogen and oxygen atoms in total. The van der Waals surface area contributed by atoms with Gasteiger partial charge in [-0.3, -0.25) is 0 Å². The summed E-state index contributed by atoms with van der Waals surface area (Å²) in [5.74, 6) is 0.606. The van der Waals surface area contributed by atoms with Gasteiger partial charge in [0.2, 0.25) is 5.69 Å². The normalized spacial score (nSPS) is 20.5. The molecule has 2 atom stereocenters. The van der Waals surface area contributed by atoms with Crippen molar-refractivity contribution in [1.82, 2.24) is 0 Å². The topological polar surface area (TPSA) is 196 Å². The number of aryl methyl sites for hydroxylation is 1. The van der Waals surface area contributed by atoms with Crippen molar-refractivity contribution in [2.75, 3.05) is 32.2 Å². The number of methoxy groups -OCH3 is 2. The van der Waals surface area contributed by atoms with Crippen molar-refractivity contribution in [3.63, 3.8) is 0 Å². The molecule has 57 heavy (non-hydrogen) atoms. The Morgan fingerprint density at radius 1 is 0.825 bits per heavy atom. The summed E-state index contributed by atoms with van der Waals surface area (Å²) in [5.41, 5.74) is 5.74. The third-order valence-corrected chi connectivity index (χ3v) is 15.3. The lowest BCUT2D eigenvalue weighted by molar-refractivity contribution is -0.438. The van der Waals surface area contributed by atoms with E-state index < -0.39 is 56.6 Å². The van der Waals surface area contributed by atoms with Crippen LogP contribution in [0.5, 0.6) is 11.5 Å². The van der Waals surface area contributed by atoms with Gasteiger partial charge < -0.3 is 28.0 Å². The zero-order chi connectivity index (χ0) is 42.6. The molecule has 0 radical (unpaired) electrons. The van der Waals surface area contributed by atoms with Crippen LogP contribution in [0.2, 0.25) is 0 Å². The van der Waals surface area contributed by atoms with Crippen LogP contribution in [0.1, 0.15) is 83.9 Å². The summed E-state index contributed by atoms with van der Waals surface area (Å²) in [6.07, 6.45) is 8.90. The number of ether oxygens (including phenoxy) is 2. The lowest BCUT2D eigenvalue weighted by Crippen LogP contribution is -2.30. The van der Waals surface area contributed by atoms with Crippen molar-refractivity contribution >= 4 is 59.0 Å². The zero-order valence-electron chi connectivity index (χ0n) is 33.5. The van der Waals surface area contributed by atoms with Gasteiger partial charge in [-0.15, -0.1) is 0 Å². The van der Waals surface area contributed by atoms with Crippen LogP contribution in [0.3, 0.4) is 0 Å². The van der Waals surface area contributed by atoms with E-state index in [0.29, 0.717) is 41.4 Å². The number of nitrogens with zero attached hydrogens (tertiary/aromatic N) is 2. The van der Waals surface area contributed by atoms with Gasteiger partial charge in [0, 0.05) is 57.8 Å². The van der Waals surface area contributed by atoms with Crippen molar-refractivity contribution in [3.05, 3.63) is 87.1 Å². The second-order valence-corrected chi connectivity index (χ2v) is 21.2. The Hall–Kier alpha value is -3.51. The fourth-order valence-corrected chi connectivity index (χ4v) is 9.56. The van der Waals surface area contributed by atoms with Crippen LogP contribution in [0.4, 0.5) is 11.4 Å². The molecule has 2 heterocycles. The quantitative estimate of drug-likeness (QED) is 0.150. The predicted octanol–water partition coefficient (Wildman–Crippen LogP) is 6.39. The molecule has 2 aromatic carbocycles. The number of fused-ring (bicyclic) bond motifs is 2. The van der Waals surface area contributed by atoms with Gasteiger partial charge in [-0.05, 0) is 100 Å². The van der Waals surface area contributed by atoms with Gasteiger partial charge in [0.15, 0.2) is 12.3 Å². The molecule has 0 saturated carbocycles. The van der Waals surface area contributed by atoms with Crippen molar-refractivity contribution in [1.29, 1.82) is 0 Å². The van der Waals surface area contributed by atoms with E-state index in [1.165, 1.54) is 33.1 Å². The minimum Gasteiger partial charge on any atom is -0.748 e. The summed E-state index contributed by atoms with van der Waals surface area (Å²) in [5, 5.41) is -1.78. The summed E-state index contributed by atoms with van der Waals surface area (Å²) >= 11 is 7.04. The Morgan fingerprint density at radius 3 is 2.00 bits per heavy atom. The second-order valence-electron chi connectivity index (χ2n) is 15.9. The highest BCUT2D eigenvalue weighted by Crippen LogP contribution is 2.50. The molecule has 1 aliphatic carbocycles. The Bertz CT molecular complexity index is 2480. The SMILES string of the molecule is COc1cc2c(cc1C)N(CCC(C)S(=O)(=O)[O-])/C(=C/C=C1\CCC(/C=C/C3=[N+](CCC(C)S(=O)(=O)[O-])c4cc(S(=O)(=O)[O-])c(OC)cc4C3(C)C)=C1Cl)C2(C)C. The molecule has 0 N–H and O–H groups in total. The molecular weight excluding hydrogens is 816 g/mol. The Kier molecular flexibility index (Phi) is 12.5. The van der Waals surface area contributed by atoms with Crippen LogP contribution in [0, 0.1) is 6.92 Å². The molecule has 2 aromatic rings. The van der Waals surface area contributed by atoms with Crippen LogP contribution in [-0.2, 0) is 41.2 Å². The van der Waals surface area contributed by atoms with E-state index in [1.54, 1.807) is 11.7 Å². The molecule has 0 bridgehead atoms. The van der Waals surface area contributed by atoms with Gasteiger partial charge in [0.05, 0.1) is 45.1 Å². The van der Waals surface area contributed by atoms with Gasteiger partial charge in [-0.1, -0.05) is 37.6 Å². The Labute approximate surface area is 341 Å². The van der Waals surface area contributed by atoms with Gasteiger partial charge in [0.1, 0.15) is 26.5 Å². The molecule has 0 fully saturated rings. The number of allylic oxidation sites excluding steroid dienone is 8. The molecule has 17 heteroatoms. The highest BCUT2D eigenvalue weighted by molar-refractivity contribution is 7.86. The Balaban J connectivity index is 1.56. The van der Waals surface area contributed by atoms with Crippen LogP contribution >= 0.6 is 11.6 Å². The number of rotatable bonds is 14. The van der Waals surface area contributed by atoms with Crippen LogP contribution in [0.15, 0.2) is 75.3 Å². The molecule has 312 valence electrons. The van der Waals surface area contributed by atoms with Crippen molar-refractivity contribution in [2.45, 2.75) is 100 Å². The molecule has 0 spiro atoms. The smallest absolute Gasteiger partial charge is 0.211 e. The average molecular weight is 865 g/mol. The molecule has 3 aliphatic rings. The maximum atomic E-state index is 12.2. The molecule has 2 aliphatic heterocycles. The summed E-state index contributed by atoms with van der Waals surface area (Å²) in [4.78, 5) is 1.49. The highest BCUT2D eigenvalue weighted by atomic mass is 35.5. The van der Waals surface area contributed by atoms with Crippen molar-refractivity contribution in [2.24, 2.45) is 0 Å². The molecule has 5 rings (SSSR count). The number of anilines is 1. The number of hydrogen-bond acceptors (Lipinski definition) is 12. The molecule has 0 aromatic heterocycles. The summed E-state index contributed by atoms with van der Waals surface area (Å²) < 4.78 is 120. The first-order valence-electron chi connectivity index (χ1n) is 18.4. The van der Waals surface area contributed by atoms with E-state index in [1.807, 2.05) is 57.2 Å². The van der Waals surface area contributed by atoms with Gasteiger partial charge >= 0.3 is 0 Å². The lowest BCUT2D eigenvalue weighted by Gasteiger charge is -2.28. The second kappa shape index (κ2) is 15.9. The lowest BCUT2D eigenvalue weighted by atomic mass is 9.81. The van der Waals surface area contributed by atoms with E-state index in [4.69, 9.17) is 21.1 Å². The molecule has 0 saturated heterocycles. The van der Waals surface area contributed by atoms with E-state index >= 15 is 0 Å². The van der Waals surface area contributed by atoms with Crippen LogP contribution in [0.25, 0.3) is 0 Å². The largest absolute Gasteiger partial charge is 0.748 e. The van der Waals surface area contributed by atoms with Crippen molar-refractivity contribution < 1.29 is 53.0 Å². The van der Waals surface area contributed by atoms with Crippen LogP contribution in [-0.4, -0.2) is 87.0 Å². The number of hydrogen-bond donors (Lipinski definition) is 0. The van der Waals surface area contributed by atoms with E-state index in [-0.39, 0.29) is 25.1 Å². The minimum atomic E-state index is -4.95. The first kappa shape index (κ1) is 44.6. The number of benzene rings is 2. The zero-order valence-corrected chi connectivity index (χ0v) is 36.7. The van der Waals surface area contributed by atoms with E-state index in [0.717, 1.165) is 39.4 Å². The summed E-state index contributed by atoms with van der Waals surface area (Å²) in [7, 11) is -11.2. The fourth-order valence-electron chi connectivity index (χ4n) is 7.81. The predicted molar refractivity (Wildman–Crippen MR) is 217 cm³/mol. The third-order valence-electron chi connectivity index (χ3n) is 11.5. The Morgan fingerprint density at radius 2 is 1.42 bits per heavy atom. The average Bonchev–Trinajstić information content (AvgIpc) is 3.63. The monoisotopic (exact) mass is 864 g/mol. The first-order valence-corrected chi connectivity index (χ1v) is 23.2. The fraction of sp³-hybridized carbons (Fsp3) is 0.475. The maximum Gasteiger partial charge on any atom is 0.211 e. The van der Waals surface area contributed by atoms with Crippen LogP contribution < -0.4 is 14.4 Å². The first-order chi connectivity index (χ1) is 26.2. The summed E-state index contributed by atoms with van der Waals surface area (Å²) in [6.45, 7) is 12.9. The molecule has 0 amide bonds. The van der Waals surface area contributed by atoms with E-state index in [2.05, 4.69) is 18.7 Å². The highest BCUT2D eigenvalue weighted by Gasteiger charge is 2.46. The number of halogens is 1. The summed E-state index contributed by atoms with van der Waals surface area (Å²) in [6, 6.07) is 6.73.